The van der Waals surface area contributed by atoms with Gasteiger partial charge in [-0.3, -0.25) is 4.79 Å². The minimum absolute atomic E-state index is 0.0654. The first kappa shape index (κ1) is 17.5. The maximum atomic E-state index is 12.4. The third-order valence-corrected chi connectivity index (χ3v) is 3.92. The number of halogens is 4. The van der Waals surface area contributed by atoms with Crippen LogP contribution in [0, 0.1) is 0 Å². The zero-order valence-electron chi connectivity index (χ0n) is 12.1. The molecule has 0 N–H and O–H groups in total. The van der Waals surface area contributed by atoms with Gasteiger partial charge in [0, 0.05) is 13.6 Å². The summed E-state index contributed by atoms with van der Waals surface area (Å²) in [6.45, 7) is -2.58. The number of ether oxygens (including phenoxy) is 1. The van der Waals surface area contributed by atoms with Crippen LogP contribution in [0.3, 0.4) is 0 Å². The lowest BCUT2D eigenvalue weighted by Crippen LogP contribution is -2.26. The van der Waals surface area contributed by atoms with Crippen molar-refractivity contribution in [1.82, 2.24) is 4.90 Å². The molecule has 2 rings (SSSR count). The summed E-state index contributed by atoms with van der Waals surface area (Å²) in [7, 11) is 1.61. The molecule has 0 fully saturated rings. The highest BCUT2D eigenvalue weighted by atomic mass is 35.5. The van der Waals surface area contributed by atoms with Gasteiger partial charge in [-0.1, -0.05) is 41.4 Å². The molecule has 0 spiro atoms. The highest BCUT2D eigenvalue weighted by Gasteiger charge is 2.17. The van der Waals surface area contributed by atoms with Crippen LogP contribution in [0.15, 0.2) is 42.5 Å². The topological polar surface area (TPSA) is 29.5 Å². The van der Waals surface area contributed by atoms with Gasteiger partial charge in [-0.25, -0.2) is 0 Å². The molecule has 2 aromatic carbocycles. The Balaban J connectivity index is 2.07. The fraction of sp³-hybridized carbons (Fsp3) is 0.188. The molecular formula is C16H13Cl2F2NO2. The fourth-order valence-corrected chi connectivity index (χ4v) is 2.38. The third kappa shape index (κ3) is 4.56. The Morgan fingerprint density at radius 1 is 1.17 bits per heavy atom. The number of nitrogens with zero attached hydrogens (tertiary/aromatic N) is 1. The molecule has 0 aliphatic rings. The maximum absolute atomic E-state index is 12.4. The summed E-state index contributed by atoms with van der Waals surface area (Å²) < 4.78 is 28.5. The number of hydrogen-bond acceptors (Lipinski definition) is 2. The van der Waals surface area contributed by atoms with Gasteiger partial charge in [0.1, 0.15) is 5.75 Å². The SMILES string of the molecule is CN(Cc1ccc(OC(F)F)cc1)C(=O)c1cccc(Cl)c1Cl. The standard InChI is InChI=1S/C16H13Cl2F2NO2/c1-21(15(22)12-3-2-4-13(17)14(12)18)9-10-5-7-11(8-6-10)23-16(19)20/h2-8,16H,9H2,1H3. The first-order valence-electron chi connectivity index (χ1n) is 6.61. The van der Waals surface area contributed by atoms with E-state index in [4.69, 9.17) is 23.2 Å². The molecule has 0 aliphatic heterocycles. The number of carbonyl (C=O) groups is 1. The van der Waals surface area contributed by atoms with E-state index in [1.807, 2.05) is 0 Å². The smallest absolute Gasteiger partial charge is 0.387 e. The number of hydrogen-bond donors (Lipinski definition) is 0. The quantitative estimate of drug-likeness (QED) is 0.762. The number of benzene rings is 2. The molecule has 2 aromatic rings. The summed E-state index contributed by atoms with van der Waals surface area (Å²) in [4.78, 5) is 13.9. The van der Waals surface area contributed by atoms with Crippen LogP contribution < -0.4 is 4.74 Å². The molecule has 0 aliphatic carbocycles. The second-order valence-electron chi connectivity index (χ2n) is 4.79. The second-order valence-corrected chi connectivity index (χ2v) is 5.57. The van der Waals surface area contributed by atoms with Gasteiger partial charge in [0.2, 0.25) is 0 Å². The van der Waals surface area contributed by atoms with Gasteiger partial charge < -0.3 is 9.64 Å². The minimum Gasteiger partial charge on any atom is -0.435 e. The molecule has 23 heavy (non-hydrogen) atoms. The predicted octanol–water partition coefficient (Wildman–Crippen LogP) is 4.87. The summed E-state index contributed by atoms with van der Waals surface area (Å²) in [6.07, 6.45) is 0. The van der Waals surface area contributed by atoms with Crippen LogP contribution in [0.25, 0.3) is 0 Å². The van der Waals surface area contributed by atoms with E-state index in [2.05, 4.69) is 4.74 Å². The zero-order chi connectivity index (χ0) is 17.0. The van der Waals surface area contributed by atoms with E-state index < -0.39 is 6.61 Å². The summed E-state index contributed by atoms with van der Waals surface area (Å²) >= 11 is 11.9. The highest BCUT2D eigenvalue weighted by molar-refractivity contribution is 6.43. The van der Waals surface area contributed by atoms with Crippen LogP contribution in [-0.2, 0) is 6.54 Å². The molecule has 0 bridgehead atoms. The Bertz CT molecular complexity index is 693. The van der Waals surface area contributed by atoms with Crippen LogP contribution >= 0.6 is 23.2 Å². The number of carbonyl (C=O) groups excluding carboxylic acids is 1. The van der Waals surface area contributed by atoms with Crippen LogP contribution in [-0.4, -0.2) is 24.5 Å². The van der Waals surface area contributed by atoms with Gasteiger partial charge >= 0.3 is 6.61 Å². The molecule has 0 radical (unpaired) electrons. The Labute approximate surface area is 142 Å². The van der Waals surface area contributed by atoms with E-state index >= 15 is 0 Å². The molecule has 0 saturated carbocycles. The number of alkyl halides is 2. The average Bonchev–Trinajstić information content (AvgIpc) is 2.50. The van der Waals surface area contributed by atoms with E-state index in [0.717, 1.165) is 5.56 Å². The highest BCUT2D eigenvalue weighted by Crippen LogP contribution is 2.26. The van der Waals surface area contributed by atoms with Crippen molar-refractivity contribution < 1.29 is 18.3 Å². The van der Waals surface area contributed by atoms with E-state index in [1.54, 1.807) is 37.4 Å². The summed E-state index contributed by atoms with van der Waals surface area (Å²) in [5, 5.41) is 0.506. The van der Waals surface area contributed by atoms with Gasteiger partial charge in [-0.2, -0.15) is 8.78 Å². The van der Waals surface area contributed by atoms with Crippen LogP contribution in [0.5, 0.6) is 5.75 Å². The molecule has 0 atom stereocenters. The lowest BCUT2D eigenvalue weighted by Gasteiger charge is -2.18. The van der Waals surface area contributed by atoms with E-state index in [9.17, 15) is 13.6 Å². The van der Waals surface area contributed by atoms with Crippen molar-refractivity contribution in [3.8, 4) is 5.75 Å². The Hall–Kier alpha value is -1.85. The second kappa shape index (κ2) is 7.62. The van der Waals surface area contributed by atoms with Crippen LogP contribution in [0.1, 0.15) is 15.9 Å². The van der Waals surface area contributed by atoms with Crippen molar-refractivity contribution in [1.29, 1.82) is 0 Å². The molecular weight excluding hydrogens is 347 g/mol. The fourth-order valence-electron chi connectivity index (χ4n) is 2.00. The molecule has 3 nitrogen and oxygen atoms in total. The lowest BCUT2D eigenvalue weighted by atomic mass is 10.1. The van der Waals surface area contributed by atoms with Crippen molar-refractivity contribution >= 4 is 29.1 Å². The van der Waals surface area contributed by atoms with Crippen molar-refractivity contribution in [2.75, 3.05) is 7.05 Å². The Kier molecular flexibility index (Phi) is 5.80. The Morgan fingerprint density at radius 3 is 2.43 bits per heavy atom. The van der Waals surface area contributed by atoms with Crippen molar-refractivity contribution in [3.05, 3.63) is 63.6 Å². The van der Waals surface area contributed by atoms with E-state index in [1.165, 1.54) is 17.0 Å². The zero-order valence-corrected chi connectivity index (χ0v) is 13.6. The third-order valence-electron chi connectivity index (χ3n) is 3.10. The molecule has 1 amide bonds. The van der Waals surface area contributed by atoms with Crippen LogP contribution in [0.2, 0.25) is 10.0 Å². The largest absolute Gasteiger partial charge is 0.435 e. The maximum Gasteiger partial charge on any atom is 0.387 e. The minimum atomic E-state index is -2.87. The molecule has 7 heteroatoms. The van der Waals surface area contributed by atoms with Gasteiger partial charge in [-0.05, 0) is 29.8 Å². The van der Waals surface area contributed by atoms with Crippen molar-refractivity contribution in [3.63, 3.8) is 0 Å². The average molecular weight is 360 g/mol. The molecule has 0 unspecified atom stereocenters. The normalized spacial score (nSPS) is 10.7. The Morgan fingerprint density at radius 2 is 1.83 bits per heavy atom. The van der Waals surface area contributed by atoms with Gasteiger partial charge in [0.05, 0.1) is 15.6 Å². The summed E-state index contributed by atoms with van der Waals surface area (Å²) in [5.74, 6) is -0.221. The predicted molar refractivity (Wildman–Crippen MR) is 85.3 cm³/mol. The van der Waals surface area contributed by atoms with Gasteiger partial charge in [0.15, 0.2) is 0 Å². The van der Waals surface area contributed by atoms with Gasteiger partial charge in [-0.15, -0.1) is 0 Å². The lowest BCUT2D eigenvalue weighted by molar-refractivity contribution is -0.0498. The van der Waals surface area contributed by atoms with Crippen molar-refractivity contribution in [2.45, 2.75) is 13.2 Å². The van der Waals surface area contributed by atoms with Crippen molar-refractivity contribution in [2.24, 2.45) is 0 Å². The summed E-state index contributed by atoms with van der Waals surface area (Å²) in [6, 6.07) is 10.9. The first-order valence-corrected chi connectivity index (χ1v) is 7.37. The molecule has 0 aromatic heterocycles. The van der Waals surface area contributed by atoms with Crippen LogP contribution in [0.4, 0.5) is 8.78 Å². The number of rotatable bonds is 5. The molecule has 122 valence electrons. The first-order chi connectivity index (χ1) is 10.9. The summed E-state index contributed by atoms with van der Waals surface area (Å²) in [5.41, 5.74) is 1.07. The monoisotopic (exact) mass is 359 g/mol. The molecule has 0 saturated heterocycles. The number of amides is 1. The molecule has 0 heterocycles. The van der Waals surface area contributed by atoms with E-state index in [-0.39, 0.29) is 23.2 Å². The van der Waals surface area contributed by atoms with E-state index in [0.29, 0.717) is 10.6 Å². The van der Waals surface area contributed by atoms with Gasteiger partial charge in [0.25, 0.3) is 5.91 Å².